The summed E-state index contributed by atoms with van der Waals surface area (Å²) in [6.45, 7) is 4.53. The van der Waals surface area contributed by atoms with Crippen LogP contribution in [-0.4, -0.2) is 16.4 Å². The van der Waals surface area contributed by atoms with E-state index in [1.807, 2.05) is 32.0 Å². The molecule has 0 aliphatic heterocycles. The number of carbonyl (C=O) groups excluding carboxylic acids is 1. The van der Waals surface area contributed by atoms with E-state index in [4.69, 9.17) is 5.73 Å². The molecule has 1 saturated carbocycles. The van der Waals surface area contributed by atoms with Crippen LogP contribution in [0.2, 0.25) is 0 Å². The molecule has 4 nitrogen and oxygen atoms in total. The van der Waals surface area contributed by atoms with Crippen molar-refractivity contribution in [2.75, 3.05) is 0 Å². The van der Waals surface area contributed by atoms with Gasteiger partial charge in [-0.05, 0) is 26.7 Å². The van der Waals surface area contributed by atoms with Crippen LogP contribution in [0.5, 0.6) is 0 Å². The number of benzene rings is 1. The molecule has 2 unspecified atom stereocenters. The molecular weight excluding hydrogens is 318 g/mol. The van der Waals surface area contributed by atoms with Gasteiger partial charge in [0.15, 0.2) is 0 Å². The number of nitrogens with two attached hydrogens (primary N) is 1. The fourth-order valence-corrected chi connectivity index (χ4v) is 4.38. The maximum Gasteiger partial charge on any atom is 0.225 e. The Morgan fingerprint density at radius 2 is 2.12 bits per heavy atom. The lowest BCUT2D eigenvalue weighted by Gasteiger charge is -2.37. The van der Waals surface area contributed by atoms with E-state index in [2.05, 4.69) is 22.4 Å². The number of hydrogen-bond donors (Lipinski definition) is 2. The molecule has 0 bridgehead atoms. The van der Waals surface area contributed by atoms with Crippen molar-refractivity contribution in [1.82, 2.24) is 10.3 Å². The molecule has 1 aromatic carbocycles. The van der Waals surface area contributed by atoms with Crippen molar-refractivity contribution in [2.45, 2.75) is 51.6 Å². The maximum atomic E-state index is 12.6. The second-order valence-corrected chi connectivity index (χ2v) is 8.00. The number of carbonyl (C=O) groups is 1. The Morgan fingerprint density at radius 3 is 2.83 bits per heavy atom. The second-order valence-electron chi connectivity index (χ2n) is 6.92. The molecule has 3 N–H and O–H groups in total. The lowest BCUT2D eigenvalue weighted by molar-refractivity contribution is -0.128. The van der Waals surface area contributed by atoms with Gasteiger partial charge < -0.3 is 11.1 Å². The highest BCUT2D eigenvalue weighted by molar-refractivity contribution is 7.15. The Kier molecular flexibility index (Phi) is 5.01. The number of aromatic nitrogens is 1. The fraction of sp³-hybridized carbons (Fsp3) is 0.474. The summed E-state index contributed by atoms with van der Waals surface area (Å²) in [4.78, 5) is 18.3. The molecule has 1 aromatic heterocycles. The molecule has 128 valence electrons. The third-order valence-electron chi connectivity index (χ3n) is 4.91. The average Bonchev–Trinajstić information content (AvgIpc) is 2.94. The lowest BCUT2D eigenvalue weighted by Crippen LogP contribution is -2.52. The van der Waals surface area contributed by atoms with Gasteiger partial charge in [-0.15, -0.1) is 11.3 Å². The summed E-state index contributed by atoms with van der Waals surface area (Å²) in [6.07, 6.45) is 4.01. The highest BCUT2D eigenvalue weighted by atomic mass is 32.1. The van der Waals surface area contributed by atoms with Crippen LogP contribution < -0.4 is 11.1 Å². The molecule has 0 saturated heterocycles. The van der Waals surface area contributed by atoms with Crippen molar-refractivity contribution in [3.8, 4) is 10.6 Å². The fourth-order valence-electron chi connectivity index (χ4n) is 3.38. The molecule has 5 heteroatoms. The number of aryl methyl sites for hydroxylation is 1. The number of amides is 1. The topological polar surface area (TPSA) is 68.0 Å². The quantitative estimate of drug-likeness (QED) is 0.890. The van der Waals surface area contributed by atoms with Gasteiger partial charge in [-0.3, -0.25) is 4.79 Å². The Hall–Kier alpha value is -1.72. The lowest BCUT2D eigenvalue weighted by atomic mass is 9.74. The van der Waals surface area contributed by atoms with E-state index in [0.29, 0.717) is 6.54 Å². The van der Waals surface area contributed by atoms with Crippen molar-refractivity contribution in [3.63, 3.8) is 0 Å². The normalized spacial score (nSPS) is 23.9. The molecule has 2 atom stereocenters. The van der Waals surface area contributed by atoms with Gasteiger partial charge in [-0.1, -0.05) is 43.2 Å². The first-order chi connectivity index (χ1) is 11.5. The molecule has 24 heavy (non-hydrogen) atoms. The molecule has 2 aromatic rings. The largest absolute Gasteiger partial charge is 0.351 e. The molecule has 1 heterocycles. The minimum absolute atomic E-state index is 0.0776. The van der Waals surface area contributed by atoms with Crippen LogP contribution in [0.1, 0.15) is 43.2 Å². The number of nitrogens with zero attached hydrogens (tertiary/aromatic N) is 1. The van der Waals surface area contributed by atoms with Gasteiger partial charge in [0, 0.05) is 16.0 Å². The second kappa shape index (κ2) is 7.03. The van der Waals surface area contributed by atoms with Gasteiger partial charge in [0.2, 0.25) is 5.91 Å². The van der Waals surface area contributed by atoms with Gasteiger partial charge >= 0.3 is 0 Å². The average molecular weight is 343 g/mol. The zero-order chi connectivity index (χ0) is 17.2. The predicted octanol–water partition coefficient (Wildman–Crippen LogP) is 3.64. The predicted molar refractivity (Wildman–Crippen MR) is 98.7 cm³/mol. The summed E-state index contributed by atoms with van der Waals surface area (Å²) in [5.74, 6) is -0.0122. The maximum absolute atomic E-state index is 12.6. The third kappa shape index (κ3) is 3.68. The molecule has 0 radical (unpaired) electrons. The zero-order valence-corrected chi connectivity index (χ0v) is 15.2. The Labute approximate surface area is 147 Å². The van der Waals surface area contributed by atoms with Crippen molar-refractivity contribution in [3.05, 3.63) is 40.9 Å². The molecular formula is C19H25N3OS. The molecule has 0 spiro atoms. The van der Waals surface area contributed by atoms with Crippen molar-refractivity contribution >= 4 is 17.2 Å². The minimum atomic E-state index is -0.389. The van der Waals surface area contributed by atoms with Gasteiger partial charge in [0.25, 0.3) is 0 Å². The van der Waals surface area contributed by atoms with Crippen molar-refractivity contribution in [1.29, 1.82) is 0 Å². The summed E-state index contributed by atoms with van der Waals surface area (Å²) in [5, 5.41) is 4.08. The molecule has 1 amide bonds. The van der Waals surface area contributed by atoms with Crippen molar-refractivity contribution in [2.24, 2.45) is 11.7 Å². The van der Waals surface area contributed by atoms with Gasteiger partial charge in [-0.2, -0.15) is 0 Å². The number of nitrogens with one attached hydrogen (secondary N) is 1. The monoisotopic (exact) mass is 343 g/mol. The summed E-state index contributed by atoms with van der Waals surface area (Å²) < 4.78 is 0. The molecule has 3 rings (SSSR count). The number of rotatable bonds is 4. The number of hydrogen-bond acceptors (Lipinski definition) is 4. The molecule has 1 fully saturated rings. The van der Waals surface area contributed by atoms with Crippen molar-refractivity contribution < 1.29 is 4.79 Å². The van der Waals surface area contributed by atoms with Crippen LogP contribution in [0.25, 0.3) is 10.6 Å². The van der Waals surface area contributed by atoms with E-state index < -0.39 is 0 Å². The first-order valence-electron chi connectivity index (χ1n) is 8.56. The number of thiazole rings is 1. The van der Waals surface area contributed by atoms with Crippen LogP contribution >= 0.6 is 11.3 Å². The Balaban J connectivity index is 1.67. The van der Waals surface area contributed by atoms with E-state index in [-0.39, 0.29) is 17.4 Å². The first kappa shape index (κ1) is 17.1. The molecule has 1 aliphatic carbocycles. The standard InChI is InChI=1S/C19H25N3OS/c1-13-16(24-18(22-13)14-8-4-3-5-9-14)12-21-17(23)15-10-6-7-11-19(15,2)20/h3-5,8-9,15H,6-7,10-12,20H2,1-2H3,(H,21,23). The minimum Gasteiger partial charge on any atom is -0.351 e. The van der Waals surface area contributed by atoms with Crippen LogP contribution in [0.3, 0.4) is 0 Å². The zero-order valence-electron chi connectivity index (χ0n) is 14.3. The smallest absolute Gasteiger partial charge is 0.225 e. The molecule has 1 aliphatic rings. The first-order valence-corrected chi connectivity index (χ1v) is 9.37. The van der Waals surface area contributed by atoms with Gasteiger partial charge in [-0.25, -0.2) is 4.98 Å². The van der Waals surface area contributed by atoms with Crippen LogP contribution in [0.4, 0.5) is 0 Å². The highest BCUT2D eigenvalue weighted by Crippen LogP contribution is 2.32. The SMILES string of the molecule is Cc1nc(-c2ccccc2)sc1CNC(=O)C1CCCCC1(C)N. The van der Waals surface area contributed by atoms with E-state index in [1.165, 1.54) is 0 Å². The van der Waals surface area contributed by atoms with Gasteiger partial charge in [0.1, 0.15) is 5.01 Å². The Bertz CT molecular complexity index is 709. The Morgan fingerprint density at radius 1 is 1.38 bits per heavy atom. The van der Waals surface area contributed by atoms with E-state index >= 15 is 0 Å². The summed E-state index contributed by atoms with van der Waals surface area (Å²) in [7, 11) is 0. The summed E-state index contributed by atoms with van der Waals surface area (Å²) >= 11 is 1.64. The van der Waals surface area contributed by atoms with E-state index in [1.54, 1.807) is 11.3 Å². The van der Waals surface area contributed by atoms with Crippen LogP contribution in [-0.2, 0) is 11.3 Å². The highest BCUT2D eigenvalue weighted by Gasteiger charge is 2.37. The van der Waals surface area contributed by atoms with E-state index in [9.17, 15) is 4.79 Å². The third-order valence-corrected chi connectivity index (χ3v) is 6.11. The van der Waals surface area contributed by atoms with Crippen LogP contribution in [0.15, 0.2) is 30.3 Å². The van der Waals surface area contributed by atoms with Crippen LogP contribution in [0, 0.1) is 12.8 Å². The summed E-state index contributed by atoms with van der Waals surface area (Å²) in [6, 6.07) is 10.1. The summed E-state index contributed by atoms with van der Waals surface area (Å²) in [5.41, 5.74) is 8.04. The van der Waals surface area contributed by atoms with Gasteiger partial charge in [0.05, 0.1) is 18.2 Å². The van der Waals surface area contributed by atoms with E-state index in [0.717, 1.165) is 46.8 Å².